The van der Waals surface area contributed by atoms with Crippen LogP contribution in [0.5, 0.6) is 0 Å². The highest BCUT2D eigenvalue weighted by atomic mass is 16.6. The van der Waals surface area contributed by atoms with Gasteiger partial charge in [-0.25, -0.2) is 4.98 Å². The van der Waals surface area contributed by atoms with E-state index in [0.29, 0.717) is 35.8 Å². The Kier molecular flexibility index (Phi) is 6.08. The summed E-state index contributed by atoms with van der Waals surface area (Å²) in [5.41, 5.74) is 3.22. The molecule has 1 aliphatic rings. The predicted molar refractivity (Wildman–Crippen MR) is 122 cm³/mol. The molecule has 1 aliphatic carbocycles. The average Bonchev–Trinajstić information content (AvgIpc) is 3.35. The fourth-order valence-corrected chi connectivity index (χ4v) is 4.54. The summed E-state index contributed by atoms with van der Waals surface area (Å²) in [6.45, 7) is 3.58. The maximum absolute atomic E-state index is 12.5. The van der Waals surface area contributed by atoms with E-state index < -0.39 is 5.60 Å². The summed E-state index contributed by atoms with van der Waals surface area (Å²) in [4.78, 5) is 42.8. The summed E-state index contributed by atoms with van der Waals surface area (Å²) in [7, 11) is 0. The molecular formula is C25H27N3O4. The van der Waals surface area contributed by atoms with Crippen molar-refractivity contribution in [1.29, 1.82) is 0 Å². The molecule has 3 aromatic rings. The molecule has 2 aromatic carbocycles. The van der Waals surface area contributed by atoms with E-state index >= 15 is 0 Å². The van der Waals surface area contributed by atoms with E-state index in [-0.39, 0.29) is 11.9 Å². The maximum Gasteiger partial charge on any atom is 0.303 e. The van der Waals surface area contributed by atoms with Crippen LogP contribution < -0.4 is 5.32 Å². The molecule has 1 amide bonds. The number of fused-ring (bicyclic) bond motifs is 1. The summed E-state index contributed by atoms with van der Waals surface area (Å²) in [6, 6.07) is 12.7. The van der Waals surface area contributed by atoms with Gasteiger partial charge in [-0.2, -0.15) is 0 Å². The number of imidazole rings is 1. The second-order valence-corrected chi connectivity index (χ2v) is 8.73. The largest absolute Gasteiger partial charge is 0.459 e. The number of hydrogen-bond acceptors (Lipinski definition) is 5. The normalized spacial score (nSPS) is 20.2. The van der Waals surface area contributed by atoms with Crippen molar-refractivity contribution in [2.45, 2.75) is 51.6 Å². The van der Waals surface area contributed by atoms with E-state index in [1.165, 1.54) is 6.92 Å². The van der Waals surface area contributed by atoms with Crippen molar-refractivity contribution in [1.82, 2.24) is 9.97 Å². The molecular weight excluding hydrogens is 406 g/mol. The van der Waals surface area contributed by atoms with Crippen LogP contribution >= 0.6 is 0 Å². The molecule has 0 aliphatic heterocycles. The number of carbonyl (C=O) groups is 3. The fourth-order valence-electron chi connectivity index (χ4n) is 4.54. The summed E-state index contributed by atoms with van der Waals surface area (Å²) in [5, 5.41) is 2.92. The van der Waals surface area contributed by atoms with Crippen molar-refractivity contribution in [3.05, 3.63) is 48.0 Å². The Hall–Kier alpha value is -3.48. The van der Waals surface area contributed by atoms with Crippen LogP contribution in [0.2, 0.25) is 0 Å². The van der Waals surface area contributed by atoms with Crippen molar-refractivity contribution in [2.75, 3.05) is 5.32 Å². The van der Waals surface area contributed by atoms with Gasteiger partial charge in [-0.1, -0.05) is 6.92 Å². The minimum atomic E-state index is -0.516. The minimum Gasteiger partial charge on any atom is -0.459 e. The number of amides is 1. The van der Waals surface area contributed by atoms with Crippen molar-refractivity contribution in [2.24, 2.45) is 5.92 Å². The van der Waals surface area contributed by atoms with Gasteiger partial charge in [0.25, 0.3) is 0 Å². The van der Waals surface area contributed by atoms with Gasteiger partial charge in [-0.3, -0.25) is 14.4 Å². The Balaban J connectivity index is 1.38. The summed E-state index contributed by atoms with van der Waals surface area (Å²) in [5.74, 6) is 0.796. The van der Waals surface area contributed by atoms with Crippen LogP contribution in [0.3, 0.4) is 0 Å². The van der Waals surface area contributed by atoms with Gasteiger partial charge < -0.3 is 15.0 Å². The third kappa shape index (κ3) is 4.88. The molecule has 4 rings (SSSR count). The number of hydrogen-bond donors (Lipinski definition) is 2. The number of anilines is 1. The number of H-pyrrole nitrogens is 1. The molecule has 0 radical (unpaired) electrons. The molecule has 7 heteroatoms. The van der Waals surface area contributed by atoms with Gasteiger partial charge in [0.1, 0.15) is 17.7 Å². The number of nitrogens with zero attached hydrogens (tertiary/aromatic N) is 1. The first kappa shape index (κ1) is 21.7. The van der Waals surface area contributed by atoms with Crippen LogP contribution in [-0.4, -0.2) is 33.7 Å². The summed E-state index contributed by atoms with van der Waals surface area (Å²) in [6.07, 6.45) is 4.25. The van der Waals surface area contributed by atoms with E-state index in [9.17, 15) is 14.4 Å². The first-order valence-electron chi connectivity index (χ1n) is 10.9. The predicted octanol–water partition coefficient (Wildman–Crippen LogP) is 4.88. The number of aldehydes is 1. The zero-order valence-corrected chi connectivity index (χ0v) is 18.3. The van der Waals surface area contributed by atoms with Crippen LogP contribution in [0.15, 0.2) is 42.5 Å². The number of carbonyl (C=O) groups excluding carboxylic acids is 3. The second-order valence-electron chi connectivity index (χ2n) is 8.73. The Morgan fingerprint density at radius 1 is 1.25 bits per heavy atom. The fraction of sp³-hybridized carbons (Fsp3) is 0.360. The summed E-state index contributed by atoms with van der Waals surface area (Å²) >= 11 is 0. The van der Waals surface area contributed by atoms with Gasteiger partial charge >= 0.3 is 5.97 Å². The van der Waals surface area contributed by atoms with E-state index in [0.717, 1.165) is 42.1 Å². The SMILES string of the molecule is CC(=O)OC1(CCC(=O)Nc2ccc(-c3nc4ccc(C=O)cc4[nH]3)cc2)CCC(C)C1. The average molecular weight is 434 g/mol. The van der Waals surface area contributed by atoms with Gasteiger partial charge in [-0.15, -0.1) is 0 Å². The molecule has 1 saturated carbocycles. The van der Waals surface area contributed by atoms with Crippen LogP contribution in [0, 0.1) is 5.92 Å². The van der Waals surface area contributed by atoms with E-state index in [1.54, 1.807) is 18.2 Å². The van der Waals surface area contributed by atoms with Crippen molar-refractivity contribution in [3.63, 3.8) is 0 Å². The lowest BCUT2D eigenvalue weighted by Gasteiger charge is -2.28. The molecule has 166 valence electrons. The number of nitrogens with one attached hydrogen (secondary N) is 2. The Morgan fingerprint density at radius 2 is 2.03 bits per heavy atom. The molecule has 1 aromatic heterocycles. The van der Waals surface area contributed by atoms with Crippen LogP contribution in [-0.2, 0) is 14.3 Å². The number of benzene rings is 2. The lowest BCUT2D eigenvalue weighted by Crippen LogP contribution is -2.33. The number of rotatable bonds is 7. The van der Waals surface area contributed by atoms with E-state index in [4.69, 9.17) is 4.74 Å². The molecule has 0 bridgehead atoms. The number of aromatic nitrogens is 2. The highest BCUT2D eigenvalue weighted by molar-refractivity contribution is 5.91. The molecule has 2 atom stereocenters. The quantitative estimate of drug-likeness (QED) is 0.408. The van der Waals surface area contributed by atoms with E-state index in [1.807, 2.05) is 24.3 Å². The minimum absolute atomic E-state index is 0.103. The smallest absolute Gasteiger partial charge is 0.303 e. The molecule has 0 saturated heterocycles. The van der Waals surface area contributed by atoms with Crippen LogP contribution in [0.25, 0.3) is 22.4 Å². The maximum atomic E-state index is 12.5. The van der Waals surface area contributed by atoms with Crippen molar-refractivity contribution >= 4 is 34.9 Å². The number of ether oxygens (including phenoxy) is 1. The van der Waals surface area contributed by atoms with Gasteiger partial charge in [0.15, 0.2) is 0 Å². The zero-order valence-electron chi connectivity index (χ0n) is 18.3. The first-order chi connectivity index (χ1) is 15.4. The van der Waals surface area contributed by atoms with Gasteiger partial charge in [0.2, 0.25) is 5.91 Å². The van der Waals surface area contributed by atoms with Crippen LogP contribution in [0.1, 0.15) is 56.3 Å². The van der Waals surface area contributed by atoms with Gasteiger partial charge in [-0.05, 0) is 74.1 Å². The molecule has 1 fully saturated rings. The summed E-state index contributed by atoms with van der Waals surface area (Å²) < 4.78 is 5.63. The Labute approximate surface area is 186 Å². The van der Waals surface area contributed by atoms with Crippen molar-refractivity contribution in [3.8, 4) is 11.4 Å². The highest BCUT2D eigenvalue weighted by Crippen LogP contribution is 2.40. The zero-order chi connectivity index (χ0) is 22.7. The number of aromatic amines is 1. The lowest BCUT2D eigenvalue weighted by atomic mass is 9.94. The van der Waals surface area contributed by atoms with E-state index in [2.05, 4.69) is 22.2 Å². The van der Waals surface area contributed by atoms with Gasteiger partial charge in [0.05, 0.1) is 11.0 Å². The number of esters is 1. The topological polar surface area (TPSA) is 101 Å². The third-order valence-electron chi connectivity index (χ3n) is 6.07. The second kappa shape index (κ2) is 8.94. The lowest BCUT2D eigenvalue weighted by molar-refractivity contribution is -0.158. The standard InChI is InChI=1S/C25H27N3O4/c1-16-9-11-25(14-16,32-17(2)30)12-10-23(31)26-20-6-4-19(5-7-20)24-27-21-8-3-18(15-29)13-22(21)28-24/h3-8,13,15-16H,9-12,14H2,1-2H3,(H,26,31)(H,27,28). The molecule has 32 heavy (non-hydrogen) atoms. The van der Waals surface area contributed by atoms with Crippen molar-refractivity contribution < 1.29 is 19.1 Å². The molecule has 2 unspecified atom stereocenters. The third-order valence-corrected chi connectivity index (χ3v) is 6.07. The highest BCUT2D eigenvalue weighted by Gasteiger charge is 2.40. The van der Waals surface area contributed by atoms with Gasteiger partial charge in [0, 0.05) is 30.2 Å². The molecule has 0 spiro atoms. The monoisotopic (exact) mass is 433 g/mol. The Bertz CT molecular complexity index is 1150. The molecule has 1 heterocycles. The van der Waals surface area contributed by atoms with Crippen LogP contribution in [0.4, 0.5) is 5.69 Å². The first-order valence-corrected chi connectivity index (χ1v) is 10.9. The molecule has 2 N–H and O–H groups in total. The Morgan fingerprint density at radius 3 is 2.69 bits per heavy atom. The molecule has 7 nitrogen and oxygen atoms in total.